The van der Waals surface area contributed by atoms with Crippen LogP contribution in [-0.2, 0) is 25.5 Å². The van der Waals surface area contributed by atoms with Gasteiger partial charge in [0.2, 0.25) is 5.78 Å². The minimum absolute atomic E-state index is 0.000898. The third kappa shape index (κ3) is 9.07. The fourth-order valence-corrected chi connectivity index (χ4v) is 7.22. The van der Waals surface area contributed by atoms with Gasteiger partial charge in [0.05, 0.1) is 23.4 Å². The Morgan fingerprint density at radius 3 is 2.45 bits per heavy atom. The minimum atomic E-state index is -3.06. The Balaban J connectivity index is 1.10. The number of nitrogens with one attached hydrogen (secondary N) is 1. The second-order valence-electron chi connectivity index (χ2n) is 14.1. The molecule has 0 amide bonds. The summed E-state index contributed by atoms with van der Waals surface area (Å²) in [5, 5.41) is 1.43. The molecule has 0 aliphatic carbocycles. The fraction of sp³-hybridized carbons (Fsp3) is 0.432. The Labute approximate surface area is 308 Å². The second kappa shape index (κ2) is 16.3. The molecule has 284 valence electrons. The molecule has 6 rings (SSSR count). The van der Waals surface area contributed by atoms with Gasteiger partial charge in [-0.2, -0.15) is 0 Å². The Morgan fingerprint density at radius 2 is 1.79 bits per heavy atom. The van der Waals surface area contributed by atoms with E-state index in [9.17, 15) is 22.7 Å². The molecule has 4 aromatic rings. The summed E-state index contributed by atoms with van der Waals surface area (Å²) in [5.41, 5.74) is 0.771. The Morgan fingerprint density at radius 1 is 1.06 bits per heavy atom. The van der Waals surface area contributed by atoms with E-state index >= 15 is 8.78 Å². The third-order valence-corrected chi connectivity index (χ3v) is 9.84. The number of carbonyl (C=O) groups excluding carboxylic acids is 2. The van der Waals surface area contributed by atoms with Crippen LogP contribution in [0.1, 0.15) is 49.5 Å². The van der Waals surface area contributed by atoms with Gasteiger partial charge in [-0.25, -0.2) is 32.4 Å². The molecule has 0 bridgehead atoms. The molecule has 2 aromatic heterocycles. The predicted octanol–water partition coefficient (Wildman–Crippen LogP) is 5.17. The minimum Gasteiger partial charge on any atom is -0.754 e. The number of fused-ring (bicyclic) bond motifs is 1. The van der Waals surface area contributed by atoms with Gasteiger partial charge in [0.1, 0.15) is 35.5 Å². The quantitative estimate of drug-likeness (QED) is 0.0844. The van der Waals surface area contributed by atoms with Crippen molar-refractivity contribution in [3.8, 4) is 11.1 Å². The van der Waals surface area contributed by atoms with Gasteiger partial charge in [-0.15, -0.1) is 0 Å². The summed E-state index contributed by atoms with van der Waals surface area (Å²) in [4.78, 5) is 37.5. The maximum Gasteiger partial charge on any atom is 0.332 e. The summed E-state index contributed by atoms with van der Waals surface area (Å²) in [6.45, 7) is 9.90. The normalized spacial score (nSPS) is 17.7. The molecule has 0 saturated carbocycles. The van der Waals surface area contributed by atoms with Crippen molar-refractivity contribution < 1.29 is 41.0 Å². The number of piperazine rings is 1. The van der Waals surface area contributed by atoms with Crippen LogP contribution in [0, 0.1) is 11.6 Å². The van der Waals surface area contributed by atoms with Crippen molar-refractivity contribution in [3.05, 3.63) is 77.6 Å². The van der Waals surface area contributed by atoms with E-state index in [1.54, 1.807) is 12.3 Å². The topological polar surface area (TPSA) is 134 Å². The lowest BCUT2D eigenvalue weighted by Gasteiger charge is -2.36. The van der Waals surface area contributed by atoms with Crippen molar-refractivity contribution in [1.29, 1.82) is 0 Å². The predicted molar refractivity (Wildman–Crippen MR) is 194 cm³/mol. The van der Waals surface area contributed by atoms with E-state index in [0.717, 1.165) is 67.5 Å². The van der Waals surface area contributed by atoms with E-state index < -0.39 is 51.7 Å². The number of esters is 1. The number of anilines is 2. The summed E-state index contributed by atoms with van der Waals surface area (Å²) < 4.78 is 80.4. The van der Waals surface area contributed by atoms with Gasteiger partial charge >= 0.3 is 5.97 Å². The van der Waals surface area contributed by atoms with Crippen molar-refractivity contribution in [3.63, 3.8) is 0 Å². The average Bonchev–Trinajstić information content (AvgIpc) is 3.74. The van der Waals surface area contributed by atoms with E-state index in [1.807, 2.05) is 45.0 Å². The lowest BCUT2D eigenvalue weighted by molar-refractivity contribution is -0.160. The summed E-state index contributed by atoms with van der Waals surface area (Å²) in [6, 6.07) is 11.4. The Kier molecular flexibility index (Phi) is 11.8. The lowest BCUT2D eigenvalue weighted by Crippen LogP contribution is -2.46. The zero-order valence-electron chi connectivity index (χ0n) is 29.8. The number of hydrazine groups is 1. The van der Waals surface area contributed by atoms with Gasteiger partial charge in [0.15, 0.2) is 5.82 Å². The smallest absolute Gasteiger partial charge is 0.332 e. The van der Waals surface area contributed by atoms with E-state index in [-0.39, 0.29) is 37.6 Å². The van der Waals surface area contributed by atoms with E-state index in [0.29, 0.717) is 27.6 Å². The number of aromatic amines is 1. The lowest BCUT2D eigenvalue weighted by atomic mass is 9.99. The summed E-state index contributed by atoms with van der Waals surface area (Å²) in [5.74, 6) is -3.91. The highest BCUT2D eigenvalue weighted by Crippen LogP contribution is 2.33. The van der Waals surface area contributed by atoms with Crippen LogP contribution in [0.2, 0.25) is 0 Å². The van der Waals surface area contributed by atoms with E-state index in [2.05, 4.69) is 19.8 Å². The number of hydrogen-bond acceptors (Lipinski definition) is 10. The largest absolute Gasteiger partial charge is 0.754 e. The molecule has 4 heterocycles. The number of rotatable bonds is 13. The first-order valence-corrected chi connectivity index (χ1v) is 18.5. The van der Waals surface area contributed by atoms with Gasteiger partial charge in [0.25, 0.3) is 0 Å². The fourth-order valence-electron chi connectivity index (χ4n) is 6.58. The molecule has 53 heavy (non-hydrogen) atoms. The highest BCUT2D eigenvalue weighted by molar-refractivity contribution is 7.80. The van der Waals surface area contributed by atoms with Gasteiger partial charge < -0.3 is 23.9 Å². The molecule has 16 heteroatoms. The monoisotopic (exact) mass is 755 g/mol. The zero-order valence-corrected chi connectivity index (χ0v) is 30.6. The molecule has 2 aliphatic rings. The number of nitrogens with zero attached hydrogens (tertiary/aromatic N) is 5. The first-order chi connectivity index (χ1) is 25.3. The van der Waals surface area contributed by atoms with Crippen LogP contribution in [0.25, 0.3) is 22.2 Å². The molecule has 2 aliphatic heterocycles. The summed E-state index contributed by atoms with van der Waals surface area (Å²) in [7, 11) is 0. The maximum absolute atomic E-state index is 15.9. The molecule has 1 N–H and O–H groups in total. The number of ether oxygens (including phenoxy) is 2. The van der Waals surface area contributed by atoms with Crippen molar-refractivity contribution in [2.24, 2.45) is 0 Å². The maximum atomic E-state index is 15.9. The van der Waals surface area contributed by atoms with Crippen molar-refractivity contribution in [2.75, 3.05) is 68.3 Å². The second-order valence-corrected chi connectivity index (χ2v) is 14.8. The number of hydrogen-bond donors (Lipinski definition) is 1. The molecule has 2 aromatic carbocycles. The van der Waals surface area contributed by atoms with Gasteiger partial charge in [-0.3, -0.25) is 13.9 Å². The third-order valence-electron chi connectivity index (χ3n) is 9.13. The van der Waals surface area contributed by atoms with Crippen LogP contribution in [0.5, 0.6) is 0 Å². The molecule has 2 fully saturated rings. The van der Waals surface area contributed by atoms with E-state index in [4.69, 9.17) is 9.47 Å². The van der Waals surface area contributed by atoms with Crippen LogP contribution in [0.15, 0.2) is 54.9 Å². The number of alkyl halides is 1. The summed E-state index contributed by atoms with van der Waals surface area (Å²) in [6.07, 6.45) is 2.49. The first kappa shape index (κ1) is 38.4. The molecular formula is C37H42F3N6O6S-. The van der Waals surface area contributed by atoms with Crippen LogP contribution in [0.3, 0.4) is 0 Å². The Bertz CT molecular complexity index is 1960. The highest BCUT2D eigenvalue weighted by Gasteiger charge is 2.32. The van der Waals surface area contributed by atoms with Crippen molar-refractivity contribution in [1.82, 2.24) is 19.9 Å². The van der Waals surface area contributed by atoms with Crippen LogP contribution in [-0.4, -0.2) is 111 Å². The number of ketones is 1. The standard InChI is InChI=1S/C37H43F3N6O6S/c1-37(2,3)52-32(47)23-51-18-4-12-43-14-16-44(17-15-43)27-7-5-24(6-8-27)25-19-28-29(21-42-36(28)41-20-25)35(48)33-30(39)9-10-31(34(33)40)46(53(49)50)45-13-11-26(38)22-45/h5-10,19-21,26H,4,11-18,22-23H2,1-3H3,(H,41,42)(H,49,50)/p-1/t26-/m1/s1. The number of H-pyrrole nitrogens is 1. The van der Waals surface area contributed by atoms with Gasteiger partial charge in [0, 0.05) is 80.5 Å². The van der Waals surface area contributed by atoms with E-state index in [1.165, 1.54) is 6.20 Å². The van der Waals surface area contributed by atoms with Crippen molar-refractivity contribution >= 4 is 45.4 Å². The molecule has 0 radical (unpaired) electrons. The summed E-state index contributed by atoms with van der Waals surface area (Å²) >= 11 is -3.06. The molecule has 2 atom stereocenters. The van der Waals surface area contributed by atoms with Crippen LogP contribution < -0.4 is 9.31 Å². The molecule has 2 saturated heterocycles. The number of pyridine rings is 1. The molecular weight excluding hydrogens is 714 g/mol. The van der Waals surface area contributed by atoms with Gasteiger partial charge in [-0.05, 0) is 69.5 Å². The number of benzene rings is 2. The van der Waals surface area contributed by atoms with Gasteiger partial charge in [-0.1, -0.05) is 12.1 Å². The molecule has 12 nitrogen and oxygen atoms in total. The zero-order chi connectivity index (χ0) is 37.9. The SMILES string of the molecule is CC(C)(C)OC(=O)COCCCN1CCN(c2ccc(-c3cnc4[nH]cc(C(=O)c5c(F)ccc(N(N6CC[C@@H](F)C6)S(=O)[O-])c5F)c4c3)cc2)CC1. The van der Waals surface area contributed by atoms with Crippen LogP contribution in [0.4, 0.5) is 24.5 Å². The first-order valence-electron chi connectivity index (χ1n) is 17.4. The number of carbonyl (C=O) groups is 2. The molecule has 1 unspecified atom stereocenters. The Hall–Kier alpha value is -4.35. The van der Waals surface area contributed by atoms with Crippen LogP contribution >= 0.6 is 0 Å². The number of halogens is 3. The van der Waals surface area contributed by atoms with Crippen molar-refractivity contribution in [2.45, 2.75) is 45.4 Å². The number of aromatic nitrogens is 2. The highest BCUT2D eigenvalue weighted by atomic mass is 32.2. The average molecular weight is 756 g/mol. The molecule has 0 spiro atoms.